The van der Waals surface area contributed by atoms with E-state index in [-0.39, 0.29) is 6.61 Å². The van der Waals surface area contributed by atoms with Crippen molar-refractivity contribution in [1.82, 2.24) is 5.32 Å². The van der Waals surface area contributed by atoms with Crippen molar-refractivity contribution in [2.75, 3.05) is 6.61 Å². The summed E-state index contributed by atoms with van der Waals surface area (Å²) < 4.78 is 25.8. The predicted molar refractivity (Wildman–Crippen MR) is 126 cm³/mol. The molecule has 0 unspecified atom stereocenters. The van der Waals surface area contributed by atoms with Gasteiger partial charge in [-0.05, 0) is 86.5 Å². The van der Waals surface area contributed by atoms with Crippen LogP contribution in [0.4, 0.5) is 4.39 Å². The molecule has 0 radical (unpaired) electrons. The zero-order chi connectivity index (χ0) is 22.2. The van der Waals surface area contributed by atoms with Gasteiger partial charge >= 0.3 is 0 Å². The van der Waals surface area contributed by atoms with Crippen molar-refractivity contribution in [2.24, 2.45) is 23.7 Å². The molecule has 0 amide bonds. The molecule has 6 heteroatoms. The molecule has 172 valence electrons. The summed E-state index contributed by atoms with van der Waals surface area (Å²) in [6.07, 6.45) is 6.99. The quantitative estimate of drug-likeness (QED) is 0.442. The van der Waals surface area contributed by atoms with Crippen molar-refractivity contribution in [1.29, 1.82) is 0 Å². The Morgan fingerprint density at radius 1 is 0.938 bits per heavy atom. The Hall–Kier alpha value is -1.49. The fourth-order valence-electron chi connectivity index (χ4n) is 6.40. The van der Waals surface area contributed by atoms with E-state index in [2.05, 4.69) is 5.32 Å². The fourth-order valence-corrected chi connectivity index (χ4v) is 6.84. The van der Waals surface area contributed by atoms with Crippen LogP contribution >= 0.6 is 23.2 Å². The summed E-state index contributed by atoms with van der Waals surface area (Å²) in [6.45, 7) is 3.15. The van der Waals surface area contributed by atoms with Crippen molar-refractivity contribution in [3.05, 3.63) is 57.3 Å². The van der Waals surface area contributed by atoms with Crippen LogP contribution in [0.5, 0.6) is 11.5 Å². The average Bonchev–Trinajstić information content (AvgIpc) is 2.75. The van der Waals surface area contributed by atoms with Gasteiger partial charge in [-0.1, -0.05) is 29.3 Å². The molecule has 0 saturated heterocycles. The van der Waals surface area contributed by atoms with Gasteiger partial charge in [-0.3, -0.25) is 0 Å². The number of benzene rings is 2. The standard InChI is InChI=1S/C26H30Cl2FNO2/c1-2-31-24-11-19(13-30-26-17-7-15-6-16(9-17)10-18(26)8-15)22(28)12-25(24)32-14-20-21(27)4-3-5-23(20)29/h3-5,11-12,15-18,26,30H,2,6-10,13-14H2,1H3. The molecule has 0 spiro atoms. The van der Waals surface area contributed by atoms with Crippen LogP contribution in [0.15, 0.2) is 30.3 Å². The lowest BCUT2D eigenvalue weighted by Gasteiger charge is -2.54. The van der Waals surface area contributed by atoms with Gasteiger partial charge in [0.05, 0.1) is 11.6 Å². The van der Waals surface area contributed by atoms with Crippen molar-refractivity contribution < 1.29 is 13.9 Å². The van der Waals surface area contributed by atoms with Gasteiger partial charge in [-0.25, -0.2) is 4.39 Å². The van der Waals surface area contributed by atoms with E-state index in [1.54, 1.807) is 18.2 Å². The Labute approximate surface area is 199 Å². The Balaban J connectivity index is 1.29. The number of rotatable bonds is 8. The maximum Gasteiger partial charge on any atom is 0.163 e. The first-order chi connectivity index (χ1) is 15.5. The third-order valence-corrected chi connectivity index (χ3v) is 8.31. The van der Waals surface area contributed by atoms with Crippen molar-refractivity contribution in [2.45, 2.75) is 58.2 Å². The number of hydrogen-bond acceptors (Lipinski definition) is 3. The summed E-state index contributed by atoms with van der Waals surface area (Å²) in [6, 6.07) is 8.92. The highest BCUT2D eigenvalue weighted by Crippen LogP contribution is 2.53. The van der Waals surface area contributed by atoms with Gasteiger partial charge in [-0.15, -0.1) is 0 Å². The molecule has 4 fully saturated rings. The minimum Gasteiger partial charge on any atom is -0.490 e. The van der Waals surface area contributed by atoms with Crippen LogP contribution in [-0.2, 0) is 13.2 Å². The lowest BCUT2D eigenvalue weighted by atomic mass is 9.54. The van der Waals surface area contributed by atoms with E-state index < -0.39 is 5.82 Å². The van der Waals surface area contributed by atoms with Gasteiger partial charge in [0.25, 0.3) is 0 Å². The monoisotopic (exact) mass is 477 g/mol. The van der Waals surface area contributed by atoms with E-state index in [9.17, 15) is 4.39 Å². The summed E-state index contributed by atoms with van der Waals surface area (Å²) in [7, 11) is 0. The summed E-state index contributed by atoms with van der Waals surface area (Å²) in [5.74, 6) is 4.26. The highest BCUT2D eigenvalue weighted by atomic mass is 35.5. The van der Waals surface area contributed by atoms with Crippen LogP contribution in [0, 0.1) is 29.5 Å². The first-order valence-electron chi connectivity index (χ1n) is 11.8. The Kier molecular flexibility index (Phi) is 6.55. The van der Waals surface area contributed by atoms with Crippen LogP contribution < -0.4 is 14.8 Å². The first-order valence-corrected chi connectivity index (χ1v) is 12.5. The van der Waals surface area contributed by atoms with Crippen LogP contribution in [0.25, 0.3) is 0 Å². The minimum atomic E-state index is -0.391. The smallest absolute Gasteiger partial charge is 0.163 e. The number of nitrogens with one attached hydrogen (secondary N) is 1. The summed E-state index contributed by atoms with van der Waals surface area (Å²) in [4.78, 5) is 0. The Morgan fingerprint density at radius 3 is 2.28 bits per heavy atom. The van der Waals surface area contributed by atoms with Crippen LogP contribution in [0.1, 0.15) is 50.2 Å². The molecule has 0 aliphatic heterocycles. The van der Waals surface area contributed by atoms with E-state index in [1.807, 2.05) is 13.0 Å². The van der Waals surface area contributed by atoms with E-state index >= 15 is 0 Å². The normalized spacial score (nSPS) is 28.2. The molecule has 1 N–H and O–H groups in total. The topological polar surface area (TPSA) is 30.5 Å². The predicted octanol–water partition coefficient (Wildman–Crippen LogP) is 7.02. The average molecular weight is 478 g/mol. The SMILES string of the molecule is CCOc1cc(CNC2C3CC4CC(C3)CC2C4)c(Cl)cc1OCc1c(F)cccc1Cl. The van der Waals surface area contributed by atoms with Crippen molar-refractivity contribution in [3.63, 3.8) is 0 Å². The maximum absolute atomic E-state index is 14.1. The summed E-state index contributed by atoms with van der Waals surface area (Å²) in [5, 5.41) is 4.80. The van der Waals surface area contributed by atoms with Gasteiger partial charge in [-0.2, -0.15) is 0 Å². The maximum atomic E-state index is 14.1. The molecule has 2 aromatic rings. The molecule has 4 aliphatic rings. The summed E-state index contributed by atoms with van der Waals surface area (Å²) >= 11 is 12.8. The van der Waals surface area contributed by atoms with Gasteiger partial charge < -0.3 is 14.8 Å². The summed E-state index contributed by atoms with van der Waals surface area (Å²) in [5.41, 5.74) is 1.32. The van der Waals surface area contributed by atoms with Crippen molar-refractivity contribution >= 4 is 23.2 Å². The number of ether oxygens (including phenoxy) is 2. The zero-order valence-electron chi connectivity index (χ0n) is 18.4. The third-order valence-electron chi connectivity index (χ3n) is 7.60. The first kappa shape index (κ1) is 22.3. The molecule has 2 aromatic carbocycles. The van der Waals surface area contributed by atoms with Crippen LogP contribution in [-0.4, -0.2) is 12.6 Å². The molecule has 0 atom stereocenters. The van der Waals surface area contributed by atoms with E-state index in [4.69, 9.17) is 32.7 Å². The van der Waals surface area contributed by atoms with Crippen LogP contribution in [0.3, 0.4) is 0 Å². The second-order valence-electron chi connectivity index (χ2n) is 9.65. The Morgan fingerprint density at radius 2 is 1.62 bits per heavy atom. The zero-order valence-corrected chi connectivity index (χ0v) is 19.9. The fraction of sp³-hybridized carbons (Fsp3) is 0.538. The van der Waals surface area contributed by atoms with E-state index in [1.165, 1.54) is 38.2 Å². The van der Waals surface area contributed by atoms with Crippen LogP contribution in [0.2, 0.25) is 10.0 Å². The molecular weight excluding hydrogens is 448 g/mol. The molecule has 0 aromatic heterocycles. The second-order valence-corrected chi connectivity index (χ2v) is 10.5. The second kappa shape index (κ2) is 9.40. The van der Waals surface area contributed by atoms with E-state index in [0.29, 0.717) is 46.3 Å². The van der Waals surface area contributed by atoms with Gasteiger partial charge in [0.1, 0.15) is 12.4 Å². The molecule has 3 nitrogen and oxygen atoms in total. The van der Waals surface area contributed by atoms with Gasteiger partial charge in [0, 0.05) is 29.2 Å². The minimum absolute atomic E-state index is 0.00722. The highest BCUT2D eigenvalue weighted by molar-refractivity contribution is 6.31. The molecular formula is C26H30Cl2FNO2. The largest absolute Gasteiger partial charge is 0.490 e. The number of halogens is 3. The van der Waals surface area contributed by atoms with Gasteiger partial charge in [0.15, 0.2) is 11.5 Å². The molecule has 0 heterocycles. The van der Waals surface area contributed by atoms with Gasteiger partial charge in [0.2, 0.25) is 0 Å². The van der Waals surface area contributed by atoms with Crippen molar-refractivity contribution in [3.8, 4) is 11.5 Å². The lowest BCUT2D eigenvalue weighted by Crippen LogP contribution is -2.54. The Bertz CT molecular complexity index is 934. The molecule has 4 bridgehead atoms. The van der Waals surface area contributed by atoms with E-state index in [0.717, 1.165) is 29.2 Å². The third kappa shape index (κ3) is 4.47. The number of hydrogen-bond donors (Lipinski definition) is 1. The molecule has 32 heavy (non-hydrogen) atoms. The highest BCUT2D eigenvalue weighted by Gasteiger charge is 2.47. The lowest BCUT2D eigenvalue weighted by molar-refractivity contribution is -0.0142. The molecule has 6 rings (SSSR count). The molecule has 4 aliphatic carbocycles. The molecule has 4 saturated carbocycles.